The van der Waals surface area contributed by atoms with E-state index in [0.29, 0.717) is 5.56 Å². The quantitative estimate of drug-likeness (QED) is 0.379. The fraction of sp³-hybridized carbons (Fsp3) is 0.200. The zero-order chi connectivity index (χ0) is 13.9. The number of hydrogen-bond donors (Lipinski definition) is 2. The maximum Gasteiger partial charge on any atom is 0.173 e. The molecule has 1 aliphatic heterocycles. The molecule has 20 heavy (non-hydrogen) atoms. The van der Waals surface area contributed by atoms with E-state index >= 15 is 0 Å². The summed E-state index contributed by atoms with van der Waals surface area (Å²) in [6.45, 7) is 0.875. The van der Waals surface area contributed by atoms with E-state index in [0.717, 1.165) is 30.9 Å². The Kier molecular flexibility index (Phi) is 3.25. The molecule has 0 aliphatic carbocycles. The summed E-state index contributed by atoms with van der Waals surface area (Å²) < 4.78 is 0. The molecule has 0 radical (unpaired) electrons. The van der Waals surface area contributed by atoms with Gasteiger partial charge in [-0.2, -0.15) is 0 Å². The topological polar surface area (TPSA) is 74.7 Å². The van der Waals surface area contributed by atoms with Gasteiger partial charge in [0.15, 0.2) is 5.84 Å². The van der Waals surface area contributed by atoms with Crippen molar-refractivity contribution in [3.05, 3.63) is 53.7 Å². The molecule has 0 amide bonds. The average molecular weight is 268 g/mol. The van der Waals surface area contributed by atoms with Crippen molar-refractivity contribution >= 4 is 17.3 Å². The highest BCUT2D eigenvalue weighted by atomic mass is 16.4. The van der Waals surface area contributed by atoms with Crippen LogP contribution < -0.4 is 10.6 Å². The largest absolute Gasteiger partial charge is 0.409 e. The van der Waals surface area contributed by atoms with Gasteiger partial charge in [0.25, 0.3) is 0 Å². The fourth-order valence-electron chi connectivity index (χ4n) is 2.62. The number of nitrogens with two attached hydrogens (primary N) is 1. The lowest BCUT2D eigenvalue weighted by Gasteiger charge is -2.31. The van der Waals surface area contributed by atoms with E-state index in [1.54, 1.807) is 12.3 Å². The summed E-state index contributed by atoms with van der Waals surface area (Å²) in [4.78, 5) is 6.56. The predicted molar refractivity (Wildman–Crippen MR) is 78.5 cm³/mol. The number of oxime groups is 1. The summed E-state index contributed by atoms with van der Waals surface area (Å²) in [5.74, 6) is 0.811. The van der Waals surface area contributed by atoms with Gasteiger partial charge in [-0.3, -0.25) is 0 Å². The van der Waals surface area contributed by atoms with Gasteiger partial charge < -0.3 is 15.8 Å². The highest BCUT2D eigenvalue weighted by Crippen LogP contribution is 2.33. The van der Waals surface area contributed by atoms with Crippen LogP contribution in [0.2, 0.25) is 0 Å². The van der Waals surface area contributed by atoms with Crippen molar-refractivity contribution in [1.82, 2.24) is 4.98 Å². The number of anilines is 2. The molecule has 0 fully saturated rings. The summed E-state index contributed by atoms with van der Waals surface area (Å²) in [5.41, 5.74) is 8.84. The number of rotatable bonds is 2. The molecular weight excluding hydrogens is 252 g/mol. The first-order valence-corrected chi connectivity index (χ1v) is 6.59. The van der Waals surface area contributed by atoms with Crippen LogP contribution in [-0.2, 0) is 6.42 Å². The van der Waals surface area contributed by atoms with Crippen molar-refractivity contribution < 1.29 is 5.21 Å². The Morgan fingerprint density at radius 3 is 2.95 bits per heavy atom. The Hall–Kier alpha value is -2.56. The number of para-hydroxylation sites is 1. The molecule has 0 atom stereocenters. The van der Waals surface area contributed by atoms with Gasteiger partial charge in [-0.05, 0) is 36.6 Å². The van der Waals surface area contributed by atoms with Gasteiger partial charge in [0, 0.05) is 18.4 Å². The molecule has 5 nitrogen and oxygen atoms in total. The third kappa shape index (κ3) is 2.07. The smallest absolute Gasteiger partial charge is 0.173 e. The SMILES string of the molecule is N/C(=N\O)c1cccnc1N1CCCc2ccccc21. The van der Waals surface area contributed by atoms with E-state index in [9.17, 15) is 0 Å². The number of pyridine rings is 1. The molecule has 0 spiro atoms. The molecule has 0 unspecified atom stereocenters. The molecule has 3 rings (SSSR count). The zero-order valence-corrected chi connectivity index (χ0v) is 11.0. The average Bonchev–Trinajstić information content (AvgIpc) is 2.53. The van der Waals surface area contributed by atoms with Crippen LogP contribution in [0.5, 0.6) is 0 Å². The summed E-state index contributed by atoms with van der Waals surface area (Å²) in [7, 11) is 0. The summed E-state index contributed by atoms with van der Waals surface area (Å²) in [6, 6.07) is 11.9. The number of nitrogens with zero attached hydrogens (tertiary/aromatic N) is 3. The molecule has 2 aromatic rings. The molecule has 1 aliphatic rings. The van der Waals surface area contributed by atoms with E-state index in [4.69, 9.17) is 10.9 Å². The van der Waals surface area contributed by atoms with Crippen LogP contribution in [0.15, 0.2) is 47.8 Å². The van der Waals surface area contributed by atoms with E-state index < -0.39 is 0 Å². The Morgan fingerprint density at radius 2 is 2.10 bits per heavy atom. The molecule has 0 saturated carbocycles. The maximum atomic E-state index is 8.92. The number of fused-ring (bicyclic) bond motifs is 1. The summed E-state index contributed by atoms with van der Waals surface area (Å²) in [6.07, 6.45) is 3.85. The minimum Gasteiger partial charge on any atom is -0.409 e. The molecule has 0 bridgehead atoms. The molecule has 0 saturated heterocycles. The Bertz CT molecular complexity index is 654. The minimum atomic E-state index is 0.0798. The highest BCUT2D eigenvalue weighted by molar-refractivity contribution is 6.02. The van der Waals surface area contributed by atoms with Crippen LogP contribution in [0, 0.1) is 0 Å². The lowest BCUT2D eigenvalue weighted by atomic mass is 10.0. The van der Waals surface area contributed by atoms with Crippen molar-refractivity contribution in [1.29, 1.82) is 0 Å². The lowest BCUT2D eigenvalue weighted by Crippen LogP contribution is -2.28. The van der Waals surface area contributed by atoms with Crippen LogP contribution >= 0.6 is 0 Å². The van der Waals surface area contributed by atoms with Gasteiger partial charge in [0.1, 0.15) is 5.82 Å². The van der Waals surface area contributed by atoms with Crippen LogP contribution in [0.4, 0.5) is 11.5 Å². The van der Waals surface area contributed by atoms with E-state index in [1.807, 2.05) is 18.2 Å². The van der Waals surface area contributed by atoms with Crippen LogP contribution in [0.25, 0.3) is 0 Å². The first-order chi connectivity index (χ1) is 9.81. The molecular formula is C15H16N4O. The van der Waals surface area contributed by atoms with E-state index in [2.05, 4.69) is 27.2 Å². The third-order valence-corrected chi connectivity index (χ3v) is 3.54. The number of aromatic nitrogens is 1. The fourth-order valence-corrected chi connectivity index (χ4v) is 2.62. The molecule has 2 heterocycles. The summed E-state index contributed by atoms with van der Waals surface area (Å²) >= 11 is 0. The molecule has 1 aromatic heterocycles. The van der Waals surface area contributed by atoms with Crippen molar-refractivity contribution in [2.24, 2.45) is 10.9 Å². The normalized spacial score (nSPS) is 15.0. The molecule has 1 aromatic carbocycles. The number of benzene rings is 1. The van der Waals surface area contributed by atoms with Gasteiger partial charge in [0.2, 0.25) is 0 Å². The lowest BCUT2D eigenvalue weighted by molar-refractivity contribution is 0.318. The number of amidine groups is 1. The number of aryl methyl sites for hydroxylation is 1. The van der Waals surface area contributed by atoms with Crippen LogP contribution in [0.1, 0.15) is 17.5 Å². The van der Waals surface area contributed by atoms with Gasteiger partial charge >= 0.3 is 0 Å². The van der Waals surface area contributed by atoms with E-state index in [1.165, 1.54) is 5.56 Å². The van der Waals surface area contributed by atoms with Crippen molar-refractivity contribution in [2.75, 3.05) is 11.4 Å². The first kappa shape index (κ1) is 12.5. The van der Waals surface area contributed by atoms with E-state index in [-0.39, 0.29) is 5.84 Å². The Balaban J connectivity index is 2.12. The second-order valence-corrected chi connectivity index (χ2v) is 4.74. The highest BCUT2D eigenvalue weighted by Gasteiger charge is 2.22. The minimum absolute atomic E-state index is 0.0798. The van der Waals surface area contributed by atoms with Gasteiger partial charge in [-0.25, -0.2) is 4.98 Å². The zero-order valence-electron chi connectivity index (χ0n) is 11.0. The van der Waals surface area contributed by atoms with Crippen LogP contribution in [-0.4, -0.2) is 22.6 Å². The maximum absolute atomic E-state index is 8.92. The van der Waals surface area contributed by atoms with Crippen molar-refractivity contribution in [3.63, 3.8) is 0 Å². The Morgan fingerprint density at radius 1 is 1.25 bits per heavy atom. The first-order valence-electron chi connectivity index (χ1n) is 6.59. The Labute approximate surface area is 117 Å². The molecule has 5 heteroatoms. The van der Waals surface area contributed by atoms with Crippen LogP contribution in [0.3, 0.4) is 0 Å². The van der Waals surface area contributed by atoms with Gasteiger partial charge in [-0.1, -0.05) is 23.4 Å². The van der Waals surface area contributed by atoms with Gasteiger partial charge in [0.05, 0.1) is 5.56 Å². The molecule has 102 valence electrons. The summed E-state index contributed by atoms with van der Waals surface area (Å²) in [5, 5.41) is 12.0. The third-order valence-electron chi connectivity index (χ3n) is 3.54. The standard InChI is InChI=1S/C15H16N4O/c16-14(18-20)12-7-3-9-17-15(12)19-10-4-6-11-5-1-2-8-13(11)19/h1-3,5,7-9,20H,4,6,10H2,(H2,16,18). The number of hydrogen-bond acceptors (Lipinski definition) is 4. The molecule has 3 N–H and O–H groups in total. The van der Waals surface area contributed by atoms with Crippen molar-refractivity contribution in [2.45, 2.75) is 12.8 Å². The predicted octanol–water partition coefficient (Wildman–Crippen LogP) is 2.26. The van der Waals surface area contributed by atoms with Gasteiger partial charge in [-0.15, -0.1) is 0 Å². The second-order valence-electron chi connectivity index (χ2n) is 4.74. The van der Waals surface area contributed by atoms with Crippen molar-refractivity contribution in [3.8, 4) is 0 Å². The second kappa shape index (κ2) is 5.21. The monoisotopic (exact) mass is 268 g/mol.